The fourth-order valence-corrected chi connectivity index (χ4v) is 1.92. The molecule has 1 nitrogen and oxygen atoms in total. The van der Waals surface area contributed by atoms with Gasteiger partial charge in [-0.1, -0.05) is 6.08 Å². The van der Waals surface area contributed by atoms with Crippen molar-refractivity contribution < 1.29 is 0 Å². The number of thiophene rings is 1. The second-order valence-electron chi connectivity index (χ2n) is 3.20. The molecule has 1 aromatic rings. The molecule has 0 radical (unpaired) electrons. The summed E-state index contributed by atoms with van der Waals surface area (Å²) in [5, 5.41) is 0. The molecule has 0 aliphatic heterocycles. The molecule has 2 rings (SSSR count). The average Bonchev–Trinajstić information content (AvgIpc) is 2.81. The minimum atomic E-state index is 0.669. The quantitative estimate of drug-likeness (QED) is 0.758. The van der Waals surface area contributed by atoms with Crippen LogP contribution in [0, 0.1) is 5.92 Å². The average molecular weight is 179 g/mol. The Kier molecular flexibility index (Phi) is 2.28. The van der Waals surface area contributed by atoms with Crippen LogP contribution in [0.1, 0.15) is 22.6 Å². The maximum Gasteiger partial charge on any atom is 0.0274 e. The Hall–Kier alpha value is -0.600. The van der Waals surface area contributed by atoms with E-state index in [0.717, 1.165) is 5.92 Å². The molecule has 0 amide bonds. The summed E-state index contributed by atoms with van der Waals surface area (Å²) in [7, 11) is 0. The summed E-state index contributed by atoms with van der Waals surface area (Å²) in [4.78, 5) is 2.60. The molecule has 0 bridgehead atoms. The lowest BCUT2D eigenvalue weighted by molar-refractivity contribution is 1.11. The van der Waals surface area contributed by atoms with Crippen molar-refractivity contribution in [2.75, 3.05) is 0 Å². The molecule has 0 saturated heterocycles. The van der Waals surface area contributed by atoms with Gasteiger partial charge in [0.15, 0.2) is 0 Å². The summed E-state index contributed by atoms with van der Waals surface area (Å²) in [5.74, 6) is 0.869. The standard InChI is InChI=1S/C10H13NS/c11-7-10-6-5-9(12-10)4-3-8-1-2-8/h3-6,8H,1-2,7,11H2/b4-3+. The monoisotopic (exact) mass is 179 g/mol. The molecule has 2 heteroatoms. The van der Waals surface area contributed by atoms with Crippen LogP contribution in [-0.4, -0.2) is 0 Å². The van der Waals surface area contributed by atoms with Gasteiger partial charge in [-0.2, -0.15) is 0 Å². The largest absolute Gasteiger partial charge is 0.326 e. The number of allylic oxidation sites excluding steroid dienone is 1. The van der Waals surface area contributed by atoms with Crippen LogP contribution in [0.3, 0.4) is 0 Å². The van der Waals surface area contributed by atoms with Crippen molar-refractivity contribution in [3.05, 3.63) is 28.0 Å². The Morgan fingerprint density at radius 3 is 2.92 bits per heavy atom. The molecule has 0 unspecified atom stereocenters. The normalized spacial score (nSPS) is 17.4. The van der Waals surface area contributed by atoms with Crippen LogP contribution in [-0.2, 0) is 6.54 Å². The highest BCUT2D eigenvalue weighted by Crippen LogP contribution is 2.31. The van der Waals surface area contributed by atoms with E-state index >= 15 is 0 Å². The predicted octanol–water partition coefficient (Wildman–Crippen LogP) is 2.63. The van der Waals surface area contributed by atoms with E-state index in [4.69, 9.17) is 5.73 Å². The summed E-state index contributed by atoms with van der Waals surface area (Å²) >= 11 is 1.79. The number of hydrogen-bond acceptors (Lipinski definition) is 2. The van der Waals surface area contributed by atoms with Gasteiger partial charge in [-0.05, 0) is 37.0 Å². The number of rotatable bonds is 3. The van der Waals surface area contributed by atoms with E-state index in [1.807, 2.05) is 0 Å². The Labute approximate surface area is 76.9 Å². The Bertz CT molecular complexity index is 284. The van der Waals surface area contributed by atoms with E-state index in [1.165, 1.54) is 22.6 Å². The topological polar surface area (TPSA) is 26.0 Å². The van der Waals surface area contributed by atoms with Crippen molar-refractivity contribution in [2.24, 2.45) is 11.7 Å². The Balaban J connectivity index is 2.01. The summed E-state index contributed by atoms with van der Waals surface area (Å²) in [6, 6.07) is 4.25. The molecule has 2 N–H and O–H groups in total. The van der Waals surface area contributed by atoms with E-state index in [1.54, 1.807) is 11.3 Å². The summed E-state index contributed by atoms with van der Waals surface area (Å²) in [6.07, 6.45) is 7.30. The van der Waals surface area contributed by atoms with Gasteiger partial charge in [0.25, 0.3) is 0 Å². The third-order valence-electron chi connectivity index (χ3n) is 2.04. The van der Waals surface area contributed by atoms with Gasteiger partial charge in [-0.25, -0.2) is 0 Å². The van der Waals surface area contributed by atoms with Crippen LogP contribution in [0.4, 0.5) is 0 Å². The van der Waals surface area contributed by atoms with Crippen LogP contribution in [0.2, 0.25) is 0 Å². The first kappa shape index (κ1) is 8.02. The first-order valence-electron chi connectivity index (χ1n) is 4.35. The smallest absolute Gasteiger partial charge is 0.0274 e. The lowest BCUT2D eigenvalue weighted by Crippen LogP contribution is -1.90. The van der Waals surface area contributed by atoms with Gasteiger partial charge in [-0.3, -0.25) is 0 Å². The van der Waals surface area contributed by atoms with Crippen LogP contribution >= 0.6 is 11.3 Å². The predicted molar refractivity (Wildman–Crippen MR) is 54.0 cm³/mol. The van der Waals surface area contributed by atoms with Crippen LogP contribution < -0.4 is 5.73 Å². The molecule has 0 aromatic carbocycles. The van der Waals surface area contributed by atoms with Crippen molar-refractivity contribution in [2.45, 2.75) is 19.4 Å². The molecule has 1 aliphatic carbocycles. The zero-order valence-electron chi connectivity index (χ0n) is 6.99. The molecule has 1 saturated carbocycles. The molecule has 1 aliphatic rings. The van der Waals surface area contributed by atoms with E-state index in [9.17, 15) is 0 Å². The second kappa shape index (κ2) is 3.42. The Morgan fingerprint density at radius 2 is 2.33 bits per heavy atom. The third kappa shape index (κ3) is 1.96. The summed E-state index contributed by atoms with van der Waals surface area (Å²) < 4.78 is 0. The molecule has 1 heterocycles. The molecule has 12 heavy (non-hydrogen) atoms. The molecule has 1 aromatic heterocycles. The summed E-state index contributed by atoms with van der Waals surface area (Å²) in [6.45, 7) is 0.669. The van der Waals surface area contributed by atoms with Crippen LogP contribution in [0.15, 0.2) is 18.2 Å². The zero-order valence-corrected chi connectivity index (χ0v) is 7.81. The van der Waals surface area contributed by atoms with Gasteiger partial charge in [0.1, 0.15) is 0 Å². The maximum atomic E-state index is 5.52. The van der Waals surface area contributed by atoms with Gasteiger partial charge >= 0.3 is 0 Å². The van der Waals surface area contributed by atoms with Gasteiger partial charge in [0.05, 0.1) is 0 Å². The van der Waals surface area contributed by atoms with E-state index in [-0.39, 0.29) is 0 Å². The highest BCUT2D eigenvalue weighted by atomic mass is 32.1. The number of nitrogens with two attached hydrogens (primary N) is 1. The fourth-order valence-electron chi connectivity index (χ4n) is 1.11. The molecular weight excluding hydrogens is 166 g/mol. The van der Waals surface area contributed by atoms with Crippen molar-refractivity contribution in [3.63, 3.8) is 0 Å². The lowest BCUT2D eigenvalue weighted by atomic mass is 10.3. The second-order valence-corrected chi connectivity index (χ2v) is 4.40. The molecule has 64 valence electrons. The van der Waals surface area contributed by atoms with Gasteiger partial charge in [-0.15, -0.1) is 11.3 Å². The molecule has 1 fully saturated rings. The summed E-state index contributed by atoms with van der Waals surface area (Å²) in [5.41, 5.74) is 5.52. The van der Waals surface area contributed by atoms with Gasteiger partial charge < -0.3 is 5.73 Å². The number of hydrogen-bond donors (Lipinski definition) is 1. The van der Waals surface area contributed by atoms with Crippen molar-refractivity contribution >= 4 is 17.4 Å². The highest BCUT2D eigenvalue weighted by molar-refractivity contribution is 7.12. The molecular formula is C10H13NS. The minimum absolute atomic E-state index is 0.669. The lowest BCUT2D eigenvalue weighted by Gasteiger charge is -1.84. The van der Waals surface area contributed by atoms with Crippen LogP contribution in [0.25, 0.3) is 6.08 Å². The SMILES string of the molecule is NCc1ccc(/C=C/C2CC2)s1. The zero-order chi connectivity index (χ0) is 8.39. The first-order valence-corrected chi connectivity index (χ1v) is 5.17. The van der Waals surface area contributed by atoms with Crippen LogP contribution in [0.5, 0.6) is 0 Å². The van der Waals surface area contributed by atoms with Gasteiger partial charge in [0.2, 0.25) is 0 Å². The van der Waals surface area contributed by atoms with E-state index < -0.39 is 0 Å². The molecule has 0 spiro atoms. The fraction of sp³-hybridized carbons (Fsp3) is 0.400. The maximum absolute atomic E-state index is 5.52. The van der Waals surface area contributed by atoms with Crippen molar-refractivity contribution in [3.8, 4) is 0 Å². The van der Waals surface area contributed by atoms with Crippen molar-refractivity contribution in [1.82, 2.24) is 0 Å². The van der Waals surface area contributed by atoms with E-state index in [0.29, 0.717) is 6.54 Å². The molecule has 0 atom stereocenters. The van der Waals surface area contributed by atoms with E-state index in [2.05, 4.69) is 24.3 Å². The highest BCUT2D eigenvalue weighted by Gasteiger charge is 2.16. The third-order valence-corrected chi connectivity index (χ3v) is 3.11. The van der Waals surface area contributed by atoms with Gasteiger partial charge in [0, 0.05) is 16.3 Å². The van der Waals surface area contributed by atoms with Crippen molar-refractivity contribution in [1.29, 1.82) is 0 Å². The first-order chi connectivity index (χ1) is 5.88. The Morgan fingerprint density at radius 1 is 1.50 bits per heavy atom. The minimum Gasteiger partial charge on any atom is -0.326 e.